The number of benzene rings is 1. The van der Waals surface area contributed by atoms with Crippen LogP contribution in [0.2, 0.25) is 5.15 Å². The summed E-state index contributed by atoms with van der Waals surface area (Å²) in [5.74, 6) is -2.52. The first kappa shape index (κ1) is 14.4. The quantitative estimate of drug-likeness (QED) is 0.537. The molecule has 3 aromatic rings. The van der Waals surface area contributed by atoms with Crippen LogP contribution in [-0.4, -0.2) is 15.2 Å². The molecule has 0 radical (unpaired) electrons. The van der Waals surface area contributed by atoms with Gasteiger partial charge in [0.2, 0.25) is 0 Å². The number of hydrogen-bond donors (Lipinski definition) is 0. The monoisotopic (exact) mass is 318 g/mol. The smallest absolute Gasteiger partial charge is 0.186 e. The highest BCUT2D eigenvalue weighted by molar-refractivity contribution is 6.31. The van der Waals surface area contributed by atoms with Gasteiger partial charge in [0.1, 0.15) is 5.65 Å². The van der Waals surface area contributed by atoms with Crippen molar-refractivity contribution < 1.29 is 13.6 Å². The highest BCUT2D eigenvalue weighted by Gasteiger charge is 2.10. The number of pyridine rings is 1. The van der Waals surface area contributed by atoms with Gasteiger partial charge in [0, 0.05) is 11.8 Å². The molecule has 0 N–H and O–H groups in total. The average Bonchev–Trinajstić information content (AvgIpc) is 2.83. The van der Waals surface area contributed by atoms with E-state index in [0.29, 0.717) is 11.3 Å². The van der Waals surface area contributed by atoms with E-state index in [4.69, 9.17) is 11.6 Å². The third kappa shape index (κ3) is 2.63. The molecule has 2 heterocycles. The average molecular weight is 319 g/mol. The van der Waals surface area contributed by atoms with E-state index in [2.05, 4.69) is 4.98 Å². The number of halogens is 3. The molecule has 0 amide bonds. The minimum atomic E-state index is -1.06. The van der Waals surface area contributed by atoms with Gasteiger partial charge in [0.15, 0.2) is 22.6 Å². The van der Waals surface area contributed by atoms with Crippen LogP contribution in [0.25, 0.3) is 11.7 Å². The Hall–Kier alpha value is -2.53. The summed E-state index contributed by atoms with van der Waals surface area (Å²) in [6.45, 7) is 0. The molecule has 2 aromatic heterocycles. The van der Waals surface area contributed by atoms with E-state index in [9.17, 15) is 13.6 Å². The number of hydrogen-bond acceptors (Lipinski definition) is 2. The lowest BCUT2D eigenvalue weighted by atomic mass is 10.1. The minimum Gasteiger partial charge on any atom is -0.299 e. The van der Waals surface area contributed by atoms with Crippen LogP contribution < -0.4 is 0 Å². The van der Waals surface area contributed by atoms with E-state index in [-0.39, 0.29) is 10.7 Å². The second-order valence-electron chi connectivity index (χ2n) is 4.54. The summed E-state index contributed by atoms with van der Waals surface area (Å²) in [5, 5.41) is 0.250. The minimum absolute atomic E-state index is 0.0556. The van der Waals surface area contributed by atoms with Crippen LogP contribution in [0, 0.1) is 11.6 Å². The van der Waals surface area contributed by atoms with Gasteiger partial charge in [-0.05, 0) is 42.5 Å². The van der Waals surface area contributed by atoms with Gasteiger partial charge in [-0.2, -0.15) is 0 Å². The molecule has 0 atom stereocenters. The summed E-state index contributed by atoms with van der Waals surface area (Å²) in [6.07, 6.45) is 4.50. The molecule has 0 bridgehead atoms. The molecule has 0 fully saturated rings. The van der Waals surface area contributed by atoms with Crippen LogP contribution in [0.15, 0.2) is 48.7 Å². The molecule has 1 aromatic carbocycles. The summed E-state index contributed by atoms with van der Waals surface area (Å²) >= 11 is 6.04. The van der Waals surface area contributed by atoms with Gasteiger partial charge < -0.3 is 0 Å². The molecule has 22 heavy (non-hydrogen) atoms. The number of carbonyl (C=O) groups excluding carboxylic acids is 1. The van der Waals surface area contributed by atoms with Gasteiger partial charge in [0.25, 0.3) is 0 Å². The number of rotatable bonds is 3. The molecule has 6 heteroatoms. The zero-order chi connectivity index (χ0) is 15.7. The Kier molecular flexibility index (Phi) is 3.73. The zero-order valence-corrected chi connectivity index (χ0v) is 11.9. The first-order valence-corrected chi connectivity index (χ1v) is 6.74. The largest absolute Gasteiger partial charge is 0.299 e. The van der Waals surface area contributed by atoms with Crippen molar-refractivity contribution in [2.24, 2.45) is 0 Å². The number of nitrogens with zero attached hydrogens (tertiary/aromatic N) is 2. The Bertz CT molecular complexity index is 902. The number of fused-ring (bicyclic) bond motifs is 1. The van der Waals surface area contributed by atoms with Crippen molar-refractivity contribution in [2.45, 2.75) is 0 Å². The van der Waals surface area contributed by atoms with Crippen molar-refractivity contribution in [3.8, 4) is 0 Å². The van der Waals surface area contributed by atoms with E-state index in [1.165, 1.54) is 18.2 Å². The lowest BCUT2D eigenvalue weighted by Crippen LogP contribution is -1.97. The Morgan fingerprint density at radius 3 is 2.77 bits per heavy atom. The summed E-state index contributed by atoms with van der Waals surface area (Å²) in [4.78, 5) is 16.1. The molecule has 0 saturated heterocycles. The lowest BCUT2D eigenvalue weighted by Gasteiger charge is -1.98. The lowest BCUT2D eigenvalue weighted by molar-refractivity contribution is 0.104. The summed E-state index contributed by atoms with van der Waals surface area (Å²) < 4.78 is 27.7. The van der Waals surface area contributed by atoms with Gasteiger partial charge in [-0.25, -0.2) is 13.8 Å². The third-order valence-electron chi connectivity index (χ3n) is 3.12. The van der Waals surface area contributed by atoms with E-state index in [1.807, 2.05) is 6.07 Å². The number of carbonyl (C=O) groups is 1. The van der Waals surface area contributed by atoms with Crippen LogP contribution >= 0.6 is 11.6 Å². The molecule has 3 rings (SSSR count). The number of ketones is 1. The van der Waals surface area contributed by atoms with Gasteiger partial charge in [-0.15, -0.1) is 0 Å². The fourth-order valence-electron chi connectivity index (χ4n) is 2.04. The van der Waals surface area contributed by atoms with Crippen molar-refractivity contribution in [2.75, 3.05) is 0 Å². The molecular weight excluding hydrogens is 310 g/mol. The standard InChI is InChI=1S/C16H9ClF2N2O/c17-16-13(21-8-2-1-3-15(21)20-16)6-7-14(22)10-4-5-11(18)12(19)9-10/h1-9H/b7-6+. The van der Waals surface area contributed by atoms with E-state index in [1.54, 1.807) is 22.7 Å². The molecule has 0 spiro atoms. The van der Waals surface area contributed by atoms with Gasteiger partial charge in [0.05, 0.1) is 5.69 Å². The van der Waals surface area contributed by atoms with Crippen molar-refractivity contribution in [3.63, 3.8) is 0 Å². The predicted molar refractivity (Wildman–Crippen MR) is 79.9 cm³/mol. The Morgan fingerprint density at radius 2 is 2.00 bits per heavy atom. The number of imidazole rings is 1. The Balaban J connectivity index is 1.94. The second kappa shape index (κ2) is 5.69. The molecular formula is C16H9ClF2N2O. The SMILES string of the molecule is O=C(/C=C/c1c(Cl)nc2ccccn12)c1ccc(F)c(F)c1. The fraction of sp³-hybridized carbons (Fsp3) is 0. The fourth-order valence-corrected chi connectivity index (χ4v) is 2.28. The number of allylic oxidation sites excluding steroid dienone is 1. The molecule has 3 nitrogen and oxygen atoms in total. The normalized spacial score (nSPS) is 11.4. The van der Waals surface area contributed by atoms with Crippen molar-refractivity contribution >= 4 is 29.1 Å². The summed E-state index contributed by atoms with van der Waals surface area (Å²) in [5.41, 5.74) is 1.24. The van der Waals surface area contributed by atoms with Crippen molar-refractivity contribution in [3.05, 3.63) is 76.7 Å². The van der Waals surface area contributed by atoms with E-state index < -0.39 is 17.4 Å². The third-order valence-corrected chi connectivity index (χ3v) is 3.40. The molecule has 110 valence electrons. The van der Waals surface area contributed by atoms with Gasteiger partial charge in [-0.3, -0.25) is 9.20 Å². The first-order chi connectivity index (χ1) is 10.6. The summed E-state index contributed by atoms with van der Waals surface area (Å²) in [6, 6.07) is 8.40. The van der Waals surface area contributed by atoms with Gasteiger partial charge >= 0.3 is 0 Å². The van der Waals surface area contributed by atoms with Crippen molar-refractivity contribution in [1.82, 2.24) is 9.38 Å². The van der Waals surface area contributed by atoms with Crippen LogP contribution in [0.1, 0.15) is 16.1 Å². The maximum absolute atomic E-state index is 13.1. The molecule has 0 aliphatic rings. The number of aromatic nitrogens is 2. The molecule has 0 unspecified atom stereocenters. The van der Waals surface area contributed by atoms with Crippen LogP contribution in [0.5, 0.6) is 0 Å². The molecule has 0 aliphatic carbocycles. The predicted octanol–water partition coefficient (Wildman–Crippen LogP) is 4.16. The molecule has 0 aliphatic heterocycles. The molecule has 0 saturated carbocycles. The highest BCUT2D eigenvalue weighted by Crippen LogP contribution is 2.19. The van der Waals surface area contributed by atoms with E-state index >= 15 is 0 Å². The van der Waals surface area contributed by atoms with Crippen molar-refractivity contribution in [1.29, 1.82) is 0 Å². The Morgan fingerprint density at radius 1 is 1.18 bits per heavy atom. The van der Waals surface area contributed by atoms with Crippen LogP contribution in [0.4, 0.5) is 8.78 Å². The van der Waals surface area contributed by atoms with Gasteiger partial charge in [-0.1, -0.05) is 17.7 Å². The van der Waals surface area contributed by atoms with Crippen LogP contribution in [-0.2, 0) is 0 Å². The Labute approximate surface area is 129 Å². The maximum Gasteiger partial charge on any atom is 0.186 e. The zero-order valence-electron chi connectivity index (χ0n) is 11.1. The highest BCUT2D eigenvalue weighted by atomic mass is 35.5. The topological polar surface area (TPSA) is 34.4 Å². The first-order valence-electron chi connectivity index (χ1n) is 6.36. The summed E-state index contributed by atoms with van der Waals surface area (Å²) in [7, 11) is 0. The van der Waals surface area contributed by atoms with Crippen LogP contribution in [0.3, 0.4) is 0 Å². The second-order valence-corrected chi connectivity index (χ2v) is 4.90. The van der Waals surface area contributed by atoms with E-state index in [0.717, 1.165) is 12.1 Å². The maximum atomic E-state index is 13.1.